The molecule has 0 spiro atoms. The quantitative estimate of drug-likeness (QED) is 0.329. The summed E-state index contributed by atoms with van der Waals surface area (Å²) < 4.78 is 3.66. The van der Waals surface area contributed by atoms with Crippen LogP contribution in [0.1, 0.15) is 5.69 Å². The van der Waals surface area contributed by atoms with E-state index in [4.69, 9.17) is 17.3 Å². The lowest BCUT2D eigenvalue weighted by molar-refractivity contribution is 0.267. The zero-order valence-electron chi connectivity index (χ0n) is 14.7. The average Bonchev–Trinajstić information content (AvgIpc) is 3.15. The second-order valence-electron chi connectivity index (χ2n) is 5.76. The van der Waals surface area contributed by atoms with Crippen LogP contribution in [0.5, 0.6) is 0 Å². The van der Waals surface area contributed by atoms with Crippen LogP contribution in [-0.2, 0) is 13.1 Å². The molecular formula is C17H19N7O2S. The van der Waals surface area contributed by atoms with Crippen molar-refractivity contribution < 1.29 is 5.11 Å². The number of hydrogen-bond acceptors (Lipinski definition) is 6. The van der Waals surface area contributed by atoms with Crippen molar-refractivity contribution >= 4 is 23.6 Å². The molecule has 1 aromatic carbocycles. The van der Waals surface area contributed by atoms with Crippen LogP contribution in [0, 0.1) is 11.7 Å². The second-order valence-corrected chi connectivity index (χ2v) is 6.15. The van der Waals surface area contributed by atoms with E-state index in [1.54, 1.807) is 25.1 Å². The Morgan fingerprint density at radius 2 is 2.07 bits per heavy atom. The van der Waals surface area contributed by atoms with Crippen LogP contribution in [-0.4, -0.2) is 36.3 Å². The van der Waals surface area contributed by atoms with Gasteiger partial charge in [-0.2, -0.15) is 10.2 Å². The minimum absolute atomic E-state index is 0.136. The molecule has 0 aliphatic carbocycles. The summed E-state index contributed by atoms with van der Waals surface area (Å²) in [5.74, 6) is 0.705. The number of rotatable bonds is 7. The highest BCUT2D eigenvalue weighted by Gasteiger charge is 2.10. The largest absolute Gasteiger partial charge is 0.394 e. The van der Waals surface area contributed by atoms with Gasteiger partial charge in [0.2, 0.25) is 0 Å². The van der Waals surface area contributed by atoms with Crippen LogP contribution >= 0.6 is 12.2 Å². The highest BCUT2D eigenvalue weighted by Crippen LogP contribution is 2.23. The van der Waals surface area contributed by atoms with Gasteiger partial charge < -0.3 is 5.11 Å². The summed E-state index contributed by atoms with van der Waals surface area (Å²) in [4.78, 5) is 12.2. The van der Waals surface area contributed by atoms with Crippen molar-refractivity contribution in [1.82, 2.24) is 24.5 Å². The van der Waals surface area contributed by atoms with Crippen molar-refractivity contribution in [2.24, 2.45) is 10.2 Å². The number of allylic oxidation sites excluding steroid dienone is 1. The van der Waals surface area contributed by atoms with E-state index in [1.165, 1.54) is 4.68 Å². The van der Waals surface area contributed by atoms with Gasteiger partial charge in [-0.3, -0.25) is 19.6 Å². The van der Waals surface area contributed by atoms with Crippen molar-refractivity contribution in [3.05, 3.63) is 57.7 Å². The first-order valence-corrected chi connectivity index (χ1v) is 8.64. The molecule has 3 aromatic rings. The van der Waals surface area contributed by atoms with Crippen molar-refractivity contribution in [2.75, 3.05) is 6.61 Å². The molecule has 0 atom stereocenters. The number of benzene rings is 1. The number of azo groups is 1. The third-order valence-corrected chi connectivity index (χ3v) is 4.20. The minimum Gasteiger partial charge on any atom is -0.394 e. The number of H-pyrrole nitrogens is 2. The number of aliphatic hydroxyl groups is 1. The fraction of sp³-hybridized carbons (Fsp3) is 0.235. The Balaban J connectivity index is 1.85. The van der Waals surface area contributed by atoms with Crippen molar-refractivity contribution in [3.63, 3.8) is 0 Å². The Morgan fingerprint density at radius 3 is 2.74 bits per heavy atom. The first-order valence-electron chi connectivity index (χ1n) is 8.23. The number of aromatic amines is 2. The number of nitrogens with one attached hydrogen (secondary N) is 2. The Labute approximate surface area is 159 Å². The summed E-state index contributed by atoms with van der Waals surface area (Å²) in [5, 5.41) is 27.0. The van der Waals surface area contributed by atoms with Gasteiger partial charge in [0, 0.05) is 12.1 Å². The van der Waals surface area contributed by atoms with E-state index >= 15 is 0 Å². The zero-order chi connectivity index (χ0) is 19.4. The molecule has 0 saturated heterocycles. The maximum Gasteiger partial charge on any atom is 0.294 e. The van der Waals surface area contributed by atoms with Crippen molar-refractivity contribution in [3.8, 4) is 11.4 Å². The predicted molar refractivity (Wildman–Crippen MR) is 104 cm³/mol. The lowest BCUT2D eigenvalue weighted by Crippen LogP contribution is -2.18. The third kappa shape index (κ3) is 3.86. The SMILES string of the molecule is C=CCn1c(-c2ccc(N=Nc3c(C)[nH]n(CCO)c3=O)cc2)n[nH]c1=S. The Bertz CT molecular complexity index is 1090. The van der Waals surface area contributed by atoms with Crippen LogP contribution in [0.15, 0.2) is 51.9 Å². The molecule has 2 heterocycles. The molecule has 27 heavy (non-hydrogen) atoms. The van der Waals surface area contributed by atoms with Gasteiger partial charge in [0.15, 0.2) is 16.3 Å². The molecule has 0 saturated carbocycles. The smallest absolute Gasteiger partial charge is 0.294 e. The molecule has 0 amide bonds. The topological polar surface area (TPSA) is 116 Å². The van der Waals surface area contributed by atoms with Gasteiger partial charge in [0.05, 0.1) is 24.5 Å². The Hall–Kier alpha value is -3.11. The third-order valence-electron chi connectivity index (χ3n) is 3.89. The highest BCUT2D eigenvalue weighted by atomic mass is 32.1. The zero-order valence-corrected chi connectivity index (χ0v) is 15.5. The average molecular weight is 385 g/mol. The normalized spacial score (nSPS) is 11.3. The molecule has 0 aliphatic rings. The fourth-order valence-electron chi connectivity index (χ4n) is 2.59. The maximum atomic E-state index is 12.2. The van der Waals surface area contributed by atoms with E-state index in [2.05, 4.69) is 32.1 Å². The van der Waals surface area contributed by atoms with Crippen LogP contribution in [0.2, 0.25) is 0 Å². The highest BCUT2D eigenvalue weighted by molar-refractivity contribution is 7.71. The number of aryl methyl sites for hydroxylation is 1. The van der Waals surface area contributed by atoms with E-state index in [0.29, 0.717) is 28.5 Å². The predicted octanol–water partition coefficient (Wildman–Crippen LogP) is 3.00. The van der Waals surface area contributed by atoms with E-state index in [1.807, 2.05) is 16.7 Å². The van der Waals surface area contributed by atoms with E-state index < -0.39 is 0 Å². The monoisotopic (exact) mass is 385 g/mol. The molecule has 140 valence electrons. The summed E-state index contributed by atoms with van der Waals surface area (Å²) >= 11 is 5.22. The summed E-state index contributed by atoms with van der Waals surface area (Å²) in [5.41, 5.74) is 1.96. The molecule has 0 fully saturated rings. The van der Waals surface area contributed by atoms with E-state index in [-0.39, 0.29) is 24.4 Å². The van der Waals surface area contributed by atoms with Crippen LogP contribution < -0.4 is 5.56 Å². The molecule has 9 nitrogen and oxygen atoms in total. The lowest BCUT2D eigenvalue weighted by Gasteiger charge is -2.03. The van der Waals surface area contributed by atoms with Crippen LogP contribution in [0.4, 0.5) is 11.4 Å². The van der Waals surface area contributed by atoms with Gasteiger partial charge in [-0.15, -0.1) is 11.7 Å². The molecule has 3 N–H and O–H groups in total. The maximum absolute atomic E-state index is 12.2. The van der Waals surface area contributed by atoms with E-state index in [0.717, 1.165) is 5.56 Å². The standard InChI is InChI=1S/C17H19N7O2S/c1-3-8-23-15(20-21-17(23)27)12-4-6-13(7-5-12)18-19-14-11(2)22-24(9-10-25)16(14)26/h3-7,22,25H,1,8-10H2,2H3,(H,21,27). The van der Waals surface area contributed by atoms with Crippen molar-refractivity contribution in [1.29, 1.82) is 0 Å². The first kappa shape index (κ1) is 18.7. The van der Waals surface area contributed by atoms with Crippen LogP contribution in [0.3, 0.4) is 0 Å². The molecule has 2 aromatic heterocycles. The summed E-state index contributed by atoms with van der Waals surface area (Å²) in [6.07, 6.45) is 1.75. The number of aromatic nitrogens is 5. The van der Waals surface area contributed by atoms with Crippen LogP contribution in [0.25, 0.3) is 11.4 Å². The number of nitrogens with zero attached hydrogens (tertiary/aromatic N) is 5. The number of aliphatic hydroxyl groups excluding tert-OH is 1. The van der Waals surface area contributed by atoms with E-state index in [9.17, 15) is 4.79 Å². The van der Waals surface area contributed by atoms with Gasteiger partial charge in [-0.25, -0.2) is 4.68 Å². The van der Waals surface area contributed by atoms with Gasteiger partial charge in [-0.1, -0.05) is 6.08 Å². The van der Waals surface area contributed by atoms with Gasteiger partial charge in [0.25, 0.3) is 5.56 Å². The molecule has 0 unspecified atom stereocenters. The molecule has 0 bridgehead atoms. The number of hydrogen-bond donors (Lipinski definition) is 3. The molecule has 0 aliphatic heterocycles. The summed E-state index contributed by atoms with van der Waals surface area (Å²) in [7, 11) is 0. The molecular weight excluding hydrogens is 366 g/mol. The Morgan fingerprint density at radius 1 is 1.33 bits per heavy atom. The fourth-order valence-corrected chi connectivity index (χ4v) is 2.80. The molecule has 0 radical (unpaired) electrons. The molecule has 10 heteroatoms. The summed E-state index contributed by atoms with van der Waals surface area (Å²) in [6.45, 7) is 6.06. The Kier molecular flexibility index (Phi) is 5.57. The minimum atomic E-state index is -0.318. The lowest BCUT2D eigenvalue weighted by atomic mass is 10.2. The second kappa shape index (κ2) is 8.06. The van der Waals surface area contributed by atoms with Gasteiger partial charge >= 0.3 is 0 Å². The van der Waals surface area contributed by atoms with Crippen molar-refractivity contribution in [2.45, 2.75) is 20.0 Å². The first-order chi connectivity index (χ1) is 13.0. The van der Waals surface area contributed by atoms with Gasteiger partial charge in [0.1, 0.15) is 0 Å². The summed E-state index contributed by atoms with van der Waals surface area (Å²) in [6, 6.07) is 7.27. The van der Waals surface area contributed by atoms with Gasteiger partial charge in [-0.05, 0) is 43.4 Å². The molecule has 3 rings (SSSR count).